The molecule has 0 spiro atoms. The molecular weight excluding hydrogens is 458 g/mol. The fourth-order valence-corrected chi connectivity index (χ4v) is 2.59. The van der Waals surface area contributed by atoms with E-state index in [9.17, 15) is 13.6 Å². The molecule has 0 saturated carbocycles. The molecule has 1 aromatic heterocycles. The molecule has 0 bridgehead atoms. The van der Waals surface area contributed by atoms with E-state index in [4.69, 9.17) is 4.74 Å². The standard InChI is InChI=1S/C10H9F2I2NO2/c1-2-17-7(16)3-5-6(13)4-15-10(14)8(5)9(11)12/h4,9H,2-3H2,1H3. The maximum absolute atomic E-state index is 12.9. The molecule has 0 aliphatic rings. The lowest BCUT2D eigenvalue weighted by Gasteiger charge is -2.11. The van der Waals surface area contributed by atoms with Gasteiger partial charge in [-0.1, -0.05) is 0 Å². The van der Waals surface area contributed by atoms with Crippen LogP contribution in [0.5, 0.6) is 0 Å². The number of carbonyl (C=O) groups is 1. The highest BCUT2D eigenvalue weighted by Gasteiger charge is 2.22. The summed E-state index contributed by atoms with van der Waals surface area (Å²) in [5, 5.41) is 0. The van der Waals surface area contributed by atoms with Crippen LogP contribution in [0.2, 0.25) is 0 Å². The molecule has 1 rings (SSSR count). The molecule has 0 N–H and O–H groups in total. The van der Waals surface area contributed by atoms with Gasteiger partial charge < -0.3 is 4.74 Å². The van der Waals surface area contributed by atoms with Crippen molar-refractivity contribution in [3.05, 3.63) is 24.6 Å². The van der Waals surface area contributed by atoms with Crippen molar-refractivity contribution in [1.82, 2.24) is 4.98 Å². The smallest absolute Gasteiger partial charge is 0.310 e. The third kappa shape index (κ3) is 3.97. The summed E-state index contributed by atoms with van der Waals surface area (Å²) in [6, 6.07) is 0. The van der Waals surface area contributed by atoms with E-state index in [0.717, 1.165) is 0 Å². The van der Waals surface area contributed by atoms with Gasteiger partial charge in [0.1, 0.15) is 3.70 Å². The zero-order valence-corrected chi connectivity index (χ0v) is 13.2. The number of alkyl halides is 2. The van der Waals surface area contributed by atoms with Crippen LogP contribution in [-0.4, -0.2) is 17.6 Å². The Morgan fingerprint density at radius 2 is 2.18 bits per heavy atom. The Morgan fingerprint density at radius 1 is 1.53 bits per heavy atom. The Labute approximate surface area is 125 Å². The average molecular weight is 467 g/mol. The Bertz CT molecular complexity index is 427. The Morgan fingerprint density at radius 3 is 2.71 bits per heavy atom. The summed E-state index contributed by atoms with van der Waals surface area (Å²) in [4.78, 5) is 15.2. The van der Waals surface area contributed by atoms with E-state index in [1.54, 1.807) is 29.5 Å². The van der Waals surface area contributed by atoms with E-state index < -0.39 is 12.4 Å². The number of esters is 1. The van der Waals surface area contributed by atoms with Crippen molar-refractivity contribution in [2.24, 2.45) is 0 Å². The minimum Gasteiger partial charge on any atom is -0.466 e. The van der Waals surface area contributed by atoms with Gasteiger partial charge in [-0.25, -0.2) is 13.8 Å². The van der Waals surface area contributed by atoms with Gasteiger partial charge in [0.15, 0.2) is 0 Å². The molecule has 1 aromatic rings. The largest absolute Gasteiger partial charge is 0.466 e. The van der Waals surface area contributed by atoms with Gasteiger partial charge in [-0.15, -0.1) is 0 Å². The molecule has 7 heteroatoms. The lowest BCUT2D eigenvalue weighted by Crippen LogP contribution is -2.12. The minimum atomic E-state index is -2.64. The molecule has 0 aliphatic carbocycles. The first-order chi connectivity index (χ1) is 7.97. The molecule has 0 atom stereocenters. The van der Waals surface area contributed by atoms with Crippen LogP contribution in [0.4, 0.5) is 8.78 Å². The molecule has 0 unspecified atom stereocenters. The number of aromatic nitrogens is 1. The van der Waals surface area contributed by atoms with Gasteiger partial charge >= 0.3 is 5.97 Å². The van der Waals surface area contributed by atoms with Gasteiger partial charge in [0.25, 0.3) is 6.43 Å². The first kappa shape index (κ1) is 15.0. The summed E-state index contributed by atoms with van der Waals surface area (Å²) in [5.74, 6) is -0.505. The van der Waals surface area contributed by atoms with Gasteiger partial charge in [-0.3, -0.25) is 4.79 Å². The SMILES string of the molecule is CCOC(=O)Cc1c(I)cnc(I)c1C(F)F. The van der Waals surface area contributed by atoms with Crippen LogP contribution in [0.15, 0.2) is 6.20 Å². The molecule has 0 aliphatic heterocycles. The summed E-state index contributed by atoms with van der Waals surface area (Å²) in [6.45, 7) is 1.91. The van der Waals surface area contributed by atoms with Crippen molar-refractivity contribution in [2.45, 2.75) is 19.8 Å². The van der Waals surface area contributed by atoms with Crippen molar-refractivity contribution in [3.63, 3.8) is 0 Å². The van der Waals surface area contributed by atoms with Crippen molar-refractivity contribution < 1.29 is 18.3 Å². The molecule has 0 amide bonds. The predicted molar refractivity (Wildman–Crippen MR) is 75.0 cm³/mol. The third-order valence-corrected chi connectivity index (χ3v) is 3.76. The Kier molecular flexibility index (Phi) is 5.97. The number of hydrogen-bond donors (Lipinski definition) is 0. The molecule has 94 valence electrons. The molecule has 3 nitrogen and oxygen atoms in total. The van der Waals surface area contributed by atoms with E-state index in [1.807, 2.05) is 22.6 Å². The number of ether oxygens (including phenoxy) is 1. The van der Waals surface area contributed by atoms with E-state index in [-0.39, 0.29) is 22.3 Å². The second-order valence-corrected chi connectivity index (χ2v) is 5.26. The topological polar surface area (TPSA) is 39.2 Å². The molecular formula is C10H9F2I2NO2. The fraction of sp³-hybridized carbons (Fsp3) is 0.400. The second kappa shape index (κ2) is 6.76. The van der Waals surface area contributed by atoms with Crippen molar-refractivity contribution in [2.75, 3.05) is 6.61 Å². The summed E-state index contributed by atoms with van der Waals surface area (Å²) in [6.07, 6.45) is -1.32. The normalized spacial score (nSPS) is 10.7. The number of carbonyl (C=O) groups excluding carboxylic acids is 1. The summed E-state index contributed by atoms with van der Waals surface area (Å²) >= 11 is 3.63. The summed E-state index contributed by atoms with van der Waals surface area (Å²) < 4.78 is 31.3. The lowest BCUT2D eigenvalue weighted by molar-refractivity contribution is -0.142. The quantitative estimate of drug-likeness (QED) is 0.388. The average Bonchev–Trinajstić information content (AvgIpc) is 2.23. The minimum absolute atomic E-state index is 0.149. The molecule has 0 aromatic carbocycles. The molecule has 0 saturated heterocycles. The van der Waals surface area contributed by atoms with Crippen LogP contribution in [-0.2, 0) is 16.0 Å². The second-order valence-electron chi connectivity index (χ2n) is 3.07. The number of hydrogen-bond acceptors (Lipinski definition) is 3. The van der Waals surface area contributed by atoms with Crippen LogP contribution in [0.1, 0.15) is 24.5 Å². The highest BCUT2D eigenvalue weighted by Crippen LogP contribution is 2.30. The van der Waals surface area contributed by atoms with Crippen molar-refractivity contribution in [3.8, 4) is 0 Å². The van der Waals surface area contributed by atoms with Crippen LogP contribution >= 0.6 is 45.2 Å². The Hall–Kier alpha value is -0.0600. The van der Waals surface area contributed by atoms with E-state index >= 15 is 0 Å². The number of nitrogens with zero attached hydrogens (tertiary/aromatic N) is 1. The van der Waals surface area contributed by atoms with Crippen LogP contribution in [0.25, 0.3) is 0 Å². The highest BCUT2D eigenvalue weighted by atomic mass is 127. The van der Waals surface area contributed by atoms with Crippen molar-refractivity contribution >= 4 is 51.2 Å². The number of rotatable bonds is 4. The predicted octanol–water partition coefficient (Wildman–Crippen LogP) is 3.33. The first-order valence-electron chi connectivity index (χ1n) is 4.73. The van der Waals surface area contributed by atoms with Crippen LogP contribution in [0.3, 0.4) is 0 Å². The van der Waals surface area contributed by atoms with Crippen molar-refractivity contribution in [1.29, 1.82) is 0 Å². The number of halogens is 4. The van der Waals surface area contributed by atoms with Gasteiger partial charge in [0.05, 0.1) is 18.6 Å². The van der Waals surface area contributed by atoms with Crippen LogP contribution < -0.4 is 0 Å². The van der Waals surface area contributed by atoms with Gasteiger partial charge in [0.2, 0.25) is 0 Å². The maximum Gasteiger partial charge on any atom is 0.310 e. The molecule has 0 radical (unpaired) electrons. The van der Waals surface area contributed by atoms with Crippen LogP contribution in [0, 0.1) is 7.27 Å². The molecule has 0 fully saturated rings. The van der Waals surface area contributed by atoms with E-state index in [1.165, 1.54) is 6.20 Å². The first-order valence-corrected chi connectivity index (χ1v) is 6.89. The highest BCUT2D eigenvalue weighted by molar-refractivity contribution is 14.1. The zero-order chi connectivity index (χ0) is 13.0. The number of pyridine rings is 1. The van der Waals surface area contributed by atoms with Gasteiger partial charge in [-0.05, 0) is 57.7 Å². The maximum atomic E-state index is 12.9. The van der Waals surface area contributed by atoms with Gasteiger partial charge in [-0.2, -0.15) is 0 Å². The molecule has 1 heterocycles. The van der Waals surface area contributed by atoms with E-state index in [2.05, 4.69) is 4.98 Å². The Balaban J connectivity index is 3.12. The lowest BCUT2D eigenvalue weighted by atomic mass is 10.1. The van der Waals surface area contributed by atoms with Gasteiger partial charge in [0, 0.05) is 9.77 Å². The fourth-order valence-electron chi connectivity index (χ4n) is 1.27. The summed E-state index contributed by atoms with van der Waals surface area (Å²) in [7, 11) is 0. The monoisotopic (exact) mass is 467 g/mol. The zero-order valence-electron chi connectivity index (χ0n) is 8.84. The molecule has 17 heavy (non-hydrogen) atoms. The van der Waals surface area contributed by atoms with E-state index in [0.29, 0.717) is 9.13 Å². The third-order valence-electron chi connectivity index (χ3n) is 1.97. The summed E-state index contributed by atoms with van der Waals surface area (Å²) in [5.41, 5.74) is 0.129.